The second-order valence-corrected chi connectivity index (χ2v) is 6.27. The lowest BCUT2D eigenvalue weighted by atomic mass is 10.1. The minimum absolute atomic E-state index is 0.306. The van der Waals surface area contributed by atoms with Gasteiger partial charge >= 0.3 is 0 Å². The molecule has 6 heteroatoms. The van der Waals surface area contributed by atoms with Crippen LogP contribution in [0.1, 0.15) is 5.56 Å². The van der Waals surface area contributed by atoms with Crippen molar-refractivity contribution < 1.29 is 14.0 Å². The number of benzene rings is 2. The van der Waals surface area contributed by atoms with Crippen molar-refractivity contribution in [1.82, 2.24) is 5.32 Å². The number of hydrogen-bond donors (Lipinski definition) is 1. The van der Waals surface area contributed by atoms with Gasteiger partial charge in [-0.2, -0.15) is 0 Å². The summed E-state index contributed by atoms with van der Waals surface area (Å²) in [6, 6.07) is 15.2. The first kappa shape index (κ1) is 16.3. The number of imide groups is 1. The van der Waals surface area contributed by atoms with Gasteiger partial charge in [0, 0.05) is 4.90 Å². The standard InChI is InChI=1S/C16H12FNO2S2/c17-13-8-6-12(7-9-13)15(16(20)18-11-19)10-21-22-14-4-2-1-3-5-14/h1-11H,(H,18,19,20)/b15-10-. The fourth-order valence-corrected chi connectivity index (χ4v) is 3.48. The van der Waals surface area contributed by atoms with E-state index in [1.54, 1.807) is 5.41 Å². The van der Waals surface area contributed by atoms with Crippen molar-refractivity contribution in [3.63, 3.8) is 0 Å². The van der Waals surface area contributed by atoms with Gasteiger partial charge < -0.3 is 0 Å². The fraction of sp³-hybridized carbons (Fsp3) is 0. The molecule has 0 saturated carbocycles. The molecule has 0 spiro atoms. The lowest BCUT2D eigenvalue weighted by Gasteiger charge is -2.06. The zero-order valence-corrected chi connectivity index (χ0v) is 13.0. The Morgan fingerprint density at radius 2 is 1.73 bits per heavy atom. The largest absolute Gasteiger partial charge is 0.295 e. The SMILES string of the molecule is O=CNC(=O)/C(=C\SSc1ccccc1)c1ccc(F)cc1. The predicted octanol–water partition coefficient (Wildman–Crippen LogP) is 3.88. The van der Waals surface area contributed by atoms with Gasteiger partial charge in [0.05, 0.1) is 5.57 Å². The van der Waals surface area contributed by atoms with Crippen LogP contribution in [-0.2, 0) is 9.59 Å². The van der Waals surface area contributed by atoms with Crippen molar-refractivity contribution in [1.29, 1.82) is 0 Å². The second kappa shape index (κ2) is 8.41. The summed E-state index contributed by atoms with van der Waals surface area (Å²) in [6.45, 7) is 0. The van der Waals surface area contributed by atoms with Crippen LogP contribution in [0.25, 0.3) is 5.57 Å². The van der Waals surface area contributed by atoms with Gasteiger partial charge in [-0.3, -0.25) is 14.9 Å². The number of rotatable bonds is 6. The Morgan fingerprint density at radius 1 is 1.05 bits per heavy atom. The minimum Gasteiger partial charge on any atom is -0.295 e. The Hall–Kier alpha value is -2.05. The lowest BCUT2D eigenvalue weighted by Crippen LogP contribution is -2.22. The van der Waals surface area contributed by atoms with Crippen molar-refractivity contribution in [3.05, 3.63) is 71.4 Å². The summed E-state index contributed by atoms with van der Waals surface area (Å²) in [7, 11) is 2.83. The molecule has 3 nitrogen and oxygen atoms in total. The lowest BCUT2D eigenvalue weighted by molar-refractivity contribution is -0.121. The van der Waals surface area contributed by atoms with Gasteiger partial charge in [-0.1, -0.05) is 51.9 Å². The highest BCUT2D eigenvalue weighted by molar-refractivity contribution is 8.77. The van der Waals surface area contributed by atoms with Gasteiger partial charge in [0.1, 0.15) is 5.82 Å². The van der Waals surface area contributed by atoms with Gasteiger partial charge in [-0.15, -0.1) is 0 Å². The Labute approximate surface area is 135 Å². The molecule has 0 radical (unpaired) electrons. The van der Waals surface area contributed by atoms with Gasteiger partial charge in [-0.25, -0.2) is 4.39 Å². The van der Waals surface area contributed by atoms with Crippen LogP contribution in [0.5, 0.6) is 0 Å². The van der Waals surface area contributed by atoms with E-state index in [0.717, 1.165) is 4.90 Å². The molecule has 2 amide bonds. The summed E-state index contributed by atoms with van der Waals surface area (Å²) in [5.41, 5.74) is 0.849. The van der Waals surface area contributed by atoms with Crippen molar-refractivity contribution in [2.24, 2.45) is 0 Å². The summed E-state index contributed by atoms with van der Waals surface area (Å²) < 4.78 is 13.0. The van der Waals surface area contributed by atoms with Crippen LogP contribution >= 0.6 is 21.6 Å². The van der Waals surface area contributed by atoms with E-state index in [1.165, 1.54) is 45.9 Å². The molecule has 2 aromatic rings. The summed E-state index contributed by atoms with van der Waals surface area (Å²) in [6.07, 6.45) is 0.328. The van der Waals surface area contributed by atoms with E-state index >= 15 is 0 Å². The van der Waals surface area contributed by atoms with Crippen molar-refractivity contribution in [2.75, 3.05) is 0 Å². The van der Waals surface area contributed by atoms with E-state index < -0.39 is 5.91 Å². The molecular formula is C16H12FNO2S2. The number of halogens is 1. The molecule has 0 heterocycles. The van der Waals surface area contributed by atoms with Crippen LogP contribution < -0.4 is 5.32 Å². The van der Waals surface area contributed by atoms with E-state index in [2.05, 4.69) is 5.32 Å². The highest BCUT2D eigenvalue weighted by Gasteiger charge is 2.11. The highest BCUT2D eigenvalue weighted by Crippen LogP contribution is 2.34. The maximum absolute atomic E-state index is 13.0. The predicted molar refractivity (Wildman–Crippen MR) is 88.5 cm³/mol. The molecule has 0 aliphatic heterocycles. The molecule has 112 valence electrons. The minimum atomic E-state index is -0.525. The third-order valence-electron chi connectivity index (χ3n) is 2.64. The van der Waals surface area contributed by atoms with E-state index in [4.69, 9.17) is 0 Å². The van der Waals surface area contributed by atoms with Crippen LogP contribution in [-0.4, -0.2) is 12.3 Å². The van der Waals surface area contributed by atoms with Gasteiger partial charge in [-0.05, 0) is 35.2 Å². The van der Waals surface area contributed by atoms with E-state index in [1.807, 2.05) is 30.3 Å². The van der Waals surface area contributed by atoms with Crippen molar-refractivity contribution in [3.8, 4) is 0 Å². The monoisotopic (exact) mass is 333 g/mol. The number of amides is 2. The van der Waals surface area contributed by atoms with E-state index in [-0.39, 0.29) is 5.82 Å². The Morgan fingerprint density at radius 3 is 2.36 bits per heavy atom. The van der Waals surface area contributed by atoms with Crippen LogP contribution in [0.2, 0.25) is 0 Å². The molecule has 1 N–H and O–H groups in total. The first-order chi connectivity index (χ1) is 10.7. The summed E-state index contributed by atoms with van der Waals surface area (Å²) in [5, 5.41) is 3.75. The van der Waals surface area contributed by atoms with Crippen LogP contribution in [0.15, 0.2) is 64.9 Å². The smallest absolute Gasteiger partial charge is 0.258 e. The zero-order valence-electron chi connectivity index (χ0n) is 11.4. The molecule has 2 rings (SSSR count). The number of carbonyl (C=O) groups excluding carboxylic acids is 2. The number of nitrogens with one attached hydrogen (secondary N) is 1. The number of hydrogen-bond acceptors (Lipinski definition) is 4. The van der Waals surface area contributed by atoms with E-state index in [0.29, 0.717) is 17.5 Å². The highest BCUT2D eigenvalue weighted by atomic mass is 33.1. The Kier molecular flexibility index (Phi) is 6.24. The molecule has 0 aliphatic carbocycles. The number of carbonyl (C=O) groups is 2. The molecule has 0 saturated heterocycles. The quantitative estimate of drug-likeness (QED) is 0.495. The maximum atomic E-state index is 13.0. The molecule has 0 bridgehead atoms. The van der Waals surface area contributed by atoms with E-state index in [9.17, 15) is 14.0 Å². The normalized spacial score (nSPS) is 11.0. The summed E-state index contributed by atoms with van der Waals surface area (Å²) in [4.78, 5) is 23.5. The summed E-state index contributed by atoms with van der Waals surface area (Å²) in [5.74, 6) is -0.909. The summed E-state index contributed by atoms with van der Waals surface area (Å²) >= 11 is 0. The maximum Gasteiger partial charge on any atom is 0.258 e. The topological polar surface area (TPSA) is 46.2 Å². The molecule has 0 unspecified atom stereocenters. The molecule has 0 fully saturated rings. The molecule has 2 aromatic carbocycles. The molecular weight excluding hydrogens is 321 g/mol. The zero-order chi connectivity index (χ0) is 15.8. The Bertz CT molecular complexity index is 672. The molecule has 0 atom stereocenters. The second-order valence-electron chi connectivity index (χ2n) is 4.12. The van der Waals surface area contributed by atoms with Crippen molar-refractivity contribution >= 4 is 39.5 Å². The first-order valence-electron chi connectivity index (χ1n) is 6.29. The Balaban J connectivity index is 2.16. The third kappa shape index (κ3) is 4.75. The molecule has 22 heavy (non-hydrogen) atoms. The first-order valence-corrected chi connectivity index (χ1v) is 8.51. The van der Waals surface area contributed by atoms with Crippen LogP contribution in [0.3, 0.4) is 0 Å². The van der Waals surface area contributed by atoms with Gasteiger partial charge in [0.2, 0.25) is 6.41 Å². The van der Waals surface area contributed by atoms with Crippen LogP contribution in [0, 0.1) is 5.82 Å². The van der Waals surface area contributed by atoms with Gasteiger partial charge in [0.25, 0.3) is 5.91 Å². The fourth-order valence-electron chi connectivity index (χ4n) is 1.62. The molecule has 0 aromatic heterocycles. The van der Waals surface area contributed by atoms with Gasteiger partial charge in [0.15, 0.2) is 0 Å². The van der Waals surface area contributed by atoms with Crippen LogP contribution in [0.4, 0.5) is 4.39 Å². The average Bonchev–Trinajstić information content (AvgIpc) is 2.54. The molecule has 0 aliphatic rings. The average molecular weight is 333 g/mol. The third-order valence-corrected chi connectivity index (χ3v) is 4.69. The van der Waals surface area contributed by atoms with Crippen molar-refractivity contribution in [2.45, 2.75) is 4.90 Å².